The third kappa shape index (κ3) is 8.02. The predicted octanol–water partition coefficient (Wildman–Crippen LogP) is 2.05. The second-order valence-corrected chi connectivity index (χ2v) is 3.44. The third-order valence-electron chi connectivity index (χ3n) is 1.98. The highest BCUT2D eigenvalue weighted by Gasteiger charge is 1.98. The van der Waals surface area contributed by atoms with Crippen molar-refractivity contribution in [2.75, 3.05) is 26.8 Å². The summed E-state index contributed by atoms with van der Waals surface area (Å²) < 4.78 is 4.96. The van der Waals surface area contributed by atoms with Crippen LogP contribution in [0.5, 0.6) is 0 Å². The number of hydrogen-bond donors (Lipinski definition) is 1. The molecule has 0 spiro atoms. The van der Waals surface area contributed by atoms with Gasteiger partial charge in [0.2, 0.25) is 0 Å². The van der Waals surface area contributed by atoms with Gasteiger partial charge in [-0.3, -0.25) is 0 Å². The Bertz CT molecular complexity index is 85.9. The van der Waals surface area contributed by atoms with Crippen molar-refractivity contribution in [3.63, 3.8) is 0 Å². The molecule has 0 aliphatic heterocycles. The van der Waals surface area contributed by atoms with Crippen LogP contribution in [0, 0.1) is 5.92 Å². The molecular formula is C10H23NO. The molecular weight excluding hydrogens is 150 g/mol. The van der Waals surface area contributed by atoms with Gasteiger partial charge in [-0.15, -0.1) is 0 Å². The number of ether oxygens (including phenoxy) is 1. The summed E-state index contributed by atoms with van der Waals surface area (Å²) in [6, 6.07) is 0. The Hall–Kier alpha value is -0.0800. The van der Waals surface area contributed by atoms with Gasteiger partial charge >= 0.3 is 0 Å². The minimum atomic E-state index is 0.817. The molecule has 0 aromatic carbocycles. The zero-order valence-corrected chi connectivity index (χ0v) is 8.73. The van der Waals surface area contributed by atoms with Gasteiger partial charge in [-0.2, -0.15) is 0 Å². The summed E-state index contributed by atoms with van der Waals surface area (Å²) in [5, 5.41) is 3.42. The molecule has 0 bridgehead atoms. The Morgan fingerprint density at radius 1 is 1.42 bits per heavy atom. The Labute approximate surface area is 76.7 Å². The molecule has 0 saturated carbocycles. The zero-order valence-electron chi connectivity index (χ0n) is 8.73. The lowest BCUT2D eigenvalue weighted by atomic mass is 10.1. The first-order valence-electron chi connectivity index (χ1n) is 5.00. The van der Waals surface area contributed by atoms with Crippen molar-refractivity contribution in [1.29, 1.82) is 0 Å². The molecule has 0 aliphatic rings. The first kappa shape index (κ1) is 11.9. The SMILES string of the molecule is CCCC(C)CNCCCOC. The monoisotopic (exact) mass is 173 g/mol. The smallest absolute Gasteiger partial charge is 0.0474 e. The number of hydrogen-bond acceptors (Lipinski definition) is 2. The fraction of sp³-hybridized carbons (Fsp3) is 1.00. The van der Waals surface area contributed by atoms with Crippen molar-refractivity contribution in [3.05, 3.63) is 0 Å². The van der Waals surface area contributed by atoms with E-state index in [4.69, 9.17) is 4.74 Å². The highest BCUT2D eigenvalue weighted by molar-refractivity contribution is 4.55. The Balaban J connectivity index is 2.97. The fourth-order valence-corrected chi connectivity index (χ4v) is 1.28. The highest BCUT2D eigenvalue weighted by Crippen LogP contribution is 2.02. The van der Waals surface area contributed by atoms with Crippen LogP contribution < -0.4 is 5.32 Å². The van der Waals surface area contributed by atoms with Gasteiger partial charge in [0, 0.05) is 13.7 Å². The second-order valence-electron chi connectivity index (χ2n) is 3.44. The number of nitrogens with one attached hydrogen (secondary N) is 1. The van der Waals surface area contributed by atoms with E-state index in [1.807, 2.05) is 0 Å². The maximum atomic E-state index is 4.96. The molecule has 2 heteroatoms. The summed E-state index contributed by atoms with van der Waals surface area (Å²) in [6.45, 7) is 7.64. The molecule has 1 unspecified atom stereocenters. The van der Waals surface area contributed by atoms with Crippen LogP contribution in [-0.4, -0.2) is 26.8 Å². The normalized spacial score (nSPS) is 13.2. The van der Waals surface area contributed by atoms with E-state index in [9.17, 15) is 0 Å². The van der Waals surface area contributed by atoms with E-state index in [2.05, 4.69) is 19.2 Å². The van der Waals surface area contributed by atoms with E-state index >= 15 is 0 Å². The Kier molecular flexibility index (Phi) is 8.95. The average Bonchev–Trinajstić information content (AvgIpc) is 2.05. The summed E-state index contributed by atoms with van der Waals surface area (Å²) in [5.74, 6) is 0.817. The quantitative estimate of drug-likeness (QED) is 0.567. The molecule has 0 aliphatic carbocycles. The molecule has 12 heavy (non-hydrogen) atoms. The molecule has 74 valence electrons. The molecule has 0 radical (unpaired) electrons. The lowest BCUT2D eigenvalue weighted by molar-refractivity contribution is 0.194. The fourth-order valence-electron chi connectivity index (χ4n) is 1.28. The molecule has 0 aromatic heterocycles. The van der Waals surface area contributed by atoms with Crippen LogP contribution in [0.15, 0.2) is 0 Å². The van der Waals surface area contributed by atoms with Crippen LogP contribution in [-0.2, 0) is 4.74 Å². The molecule has 0 rings (SSSR count). The summed E-state index contributed by atoms with van der Waals surface area (Å²) in [4.78, 5) is 0. The van der Waals surface area contributed by atoms with Crippen LogP contribution in [0.2, 0.25) is 0 Å². The summed E-state index contributed by atoms with van der Waals surface area (Å²) in [6.07, 6.45) is 3.74. The van der Waals surface area contributed by atoms with E-state index in [0.29, 0.717) is 0 Å². The van der Waals surface area contributed by atoms with Gasteiger partial charge in [0.05, 0.1) is 0 Å². The minimum absolute atomic E-state index is 0.817. The van der Waals surface area contributed by atoms with Gasteiger partial charge in [0.25, 0.3) is 0 Å². The first-order valence-corrected chi connectivity index (χ1v) is 5.00. The topological polar surface area (TPSA) is 21.3 Å². The van der Waals surface area contributed by atoms with Crippen molar-refractivity contribution >= 4 is 0 Å². The largest absolute Gasteiger partial charge is 0.385 e. The van der Waals surface area contributed by atoms with Crippen molar-refractivity contribution in [1.82, 2.24) is 5.32 Å². The van der Waals surface area contributed by atoms with Gasteiger partial charge in [0.15, 0.2) is 0 Å². The van der Waals surface area contributed by atoms with E-state index in [0.717, 1.165) is 32.0 Å². The highest BCUT2D eigenvalue weighted by atomic mass is 16.5. The van der Waals surface area contributed by atoms with Crippen LogP contribution in [0.3, 0.4) is 0 Å². The van der Waals surface area contributed by atoms with E-state index in [1.54, 1.807) is 7.11 Å². The molecule has 0 amide bonds. The van der Waals surface area contributed by atoms with Crippen LogP contribution >= 0.6 is 0 Å². The van der Waals surface area contributed by atoms with Crippen molar-refractivity contribution in [2.45, 2.75) is 33.1 Å². The maximum Gasteiger partial charge on any atom is 0.0474 e. The molecule has 1 N–H and O–H groups in total. The van der Waals surface area contributed by atoms with E-state index < -0.39 is 0 Å². The minimum Gasteiger partial charge on any atom is -0.385 e. The summed E-state index contributed by atoms with van der Waals surface area (Å²) in [7, 11) is 1.75. The average molecular weight is 173 g/mol. The van der Waals surface area contributed by atoms with E-state index in [-0.39, 0.29) is 0 Å². The van der Waals surface area contributed by atoms with Crippen LogP contribution in [0.4, 0.5) is 0 Å². The Morgan fingerprint density at radius 3 is 2.75 bits per heavy atom. The van der Waals surface area contributed by atoms with Crippen molar-refractivity contribution < 1.29 is 4.74 Å². The van der Waals surface area contributed by atoms with Crippen molar-refractivity contribution in [2.24, 2.45) is 5.92 Å². The van der Waals surface area contributed by atoms with Crippen molar-refractivity contribution in [3.8, 4) is 0 Å². The van der Waals surface area contributed by atoms with Gasteiger partial charge in [-0.1, -0.05) is 20.3 Å². The Morgan fingerprint density at radius 2 is 2.17 bits per heavy atom. The van der Waals surface area contributed by atoms with Gasteiger partial charge in [0.1, 0.15) is 0 Å². The number of methoxy groups -OCH3 is 1. The second kappa shape index (κ2) is 9.01. The summed E-state index contributed by atoms with van der Waals surface area (Å²) in [5.41, 5.74) is 0. The molecule has 0 heterocycles. The first-order chi connectivity index (χ1) is 5.81. The van der Waals surface area contributed by atoms with Crippen LogP contribution in [0.25, 0.3) is 0 Å². The van der Waals surface area contributed by atoms with E-state index in [1.165, 1.54) is 12.8 Å². The molecule has 0 aromatic rings. The predicted molar refractivity (Wildman–Crippen MR) is 53.4 cm³/mol. The maximum absolute atomic E-state index is 4.96. The third-order valence-corrected chi connectivity index (χ3v) is 1.98. The summed E-state index contributed by atoms with van der Waals surface area (Å²) >= 11 is 0. The van der Waals surface area contributed by atoms with Gasteiger partial charge in [-0.05, 0) is 31.8 Å². The lowest BCUT2D eigenvalue weighted by Gasteiger charge is -2.10. The lowest BCUT2D eigenvalue weighted by Crippen LogP contribution is -2.22. The molecule has 1 atom stereocenters. The van der Waals surface area contributed by atoms with Crippen LogP contribution in [0.1, 0.15) is 33.1 Å². The molecule has 2 nitrogen and oxygen atoms in total. The zero-order chi connectivity index (χ0) is 9.23. The molecule has 0 fully saturated rings. The van der Waals surface area contributed by atoms with Gasteiger partial charge < -0.3 is 10.1 Å². The molecule has 0 saturated heterocycles. The van der Waals surface area contributed by atoms with Gasteiger partial charge in [-0.25, -0.2) is 0 Å². The number of rotatable bonds is 8. The standard InChI is InChI=1S/C10H23NO/c1-4-6-10(2)9-11-7-5-8-12-3/h10-11H,4-9H2,1-3H3.